The van der Waals surface area contributed by atoms with Crippen LogP contribution >= 0.6 is 0 Å². The van der Waals surface area contributed by atoms with Crippen LogP contribution < -0.4 is 10.6 Å². The van der Waals surface area contributed by atoms with Crippen molar-refractivity contribution in [3.63, 3.8) is 0 Å². The molecule has 3 aliphatic carbocycles. The second kappa shape index (κ2) is 9.92. The van der Waals surface area contributed by atoms with E-state index in [2.05, 4.69) is 4.98 Å². The number of primary amides is 1. The Kier molecular flexibility index (Phi) is 6.55. The van der Waals surface area contributed by atoms with E-state index in [0.717, 1.165) is 16.8 Å². The van der Waals surface area contributed by atoms with Gasteiger partial charge in [-0.3, -0.25) is 19.3 Å². The summed E-state index contributed by atoms with van der Waals surface area (Å²) in [6.45, 7) is 0. The highest BCUT2D eigenvalue weighted by Gasteiger charge is 2.64. The van der Waals surface area contributed by atoms with E-state index in [0.29, 0.717) is 5.52 Å². The van der Waals surface area contributed by atoms with Crippen LogP contribution in [0.15, 0.2) is 57.7 Å². The maximum absolute atomic E-state index is 14.2. The van der Waals surface area contributed by atoms with Crippen molar-refractivity contribution in [3.05, 3.63) is 75.9 Å². The van der Waals surface area contributed by atoms with E-state index in [4.69, 9.17) is 10.2 Å². The van der Waals surface area contributed by atoms with Gasteiger partial charge in [-0.1, -0.05) is 30.3 Å². The summed E-state index contributed by atoms with van der Waals surface area (Å²) in [4.78, 5) is 47.7. The van der Waals surface area contributed by atoms with Gasteiger partial charge in [0.15, 0.2) is 17.0 Å². The summed E-state index contributed by atoms with van der Waals surface area (Å²) < 4.78 is 6.12. The van der Waals surface area contributed by atoms with E-state index in [1.165, 1.54) is 4.90 Å². The van der Waals surface area contributed by atoms with Crippen LogP contribution in [0.4, 0.5) is 5.69 Å². The molecule has 0 radical (unpaired) electrons. The van der Waals surface area contributed by atoms with E-state index >= 15 is 0 Å². The van der Waals surface area contributed by atoms with E-state index in [9.17, 15) is 29.7 Å². The first-order chi connectivity index (χ1) is 20.4. The van der Waals surface area contributed by atoms with Gasteiger partial charge in [0.25, 0.3) is 5.91 Å². The Hall–Kier alpha value is -4.74. The number of ketones is 2. The molecule has 0 aliphatic heterocycles. The molecule has 0 bridgehead atoms. The van der Waals surface area contributed by atoms with Gasteiger partial charge in [-0.25, -0.2) is 4.98 Å². The number of carbonyl (C=O) groups is 3. The highest BCUT2D eigenvalue weighted by atomic mass is 16.4. The molecule has 2 unspecified atom stereocenters. The summed E-state index contributed by atoms with van der Waals surface area (Å²) in [6, 6.07) is 10.3. The Morgan fingerprint density at radius 2 is 1.81 bits per heavy atom. The van der Waals surface area contributed by atoms with Gasteiger partial charge >= 0.3 is 0 Å². The molecule has 0 spiro atoms. The lowest BCUT2D eigenvalue weighted by molar-refractivity contribution is -0.153. The maximum atomic E-state index is 14.2. The van der Waals surface area contributed by atoms with Gasteiger partial charge in [0.2, 0.25) is 11.7 Å². The first-order valence-electron chi connectivity index (χ1n) is 13.9. The summed E-state index contributed by atoms with van der Waals surface area (Å²) in [5.41, 5.74) is 5.26. The molecule has 11 heteroatoms. The van der Waals surface area contributed by atoms with Crippen molar-refractivity contribution in [2.45, 2.75) is 24.5 Å². The van der Waals surface area contributed by atoms with Gasteiger partial charge in [-0.2, -0.15) is 0 Å². The van der Waals surface area contributed by atoms with E-state index in [1.54, 1.807) is 20.2 Å². The highest BCUT2D eigenvalue weighted by Crippen LogP contribution is 2.53. The number of aromatic nitrogens is 1. The van der Waals surface area contributed by atoms with Crippen LogP contribution in [0.25, 0.3) is 29.0 Å². The van der Waals surface area contributed by atoms with Crippen molar-refractivity contribution in [1.82, 2.24) is 9.88 Å². The number of Topliss-reactive ketones (excluding diaryl/α,β-unsaturated/α-hetero) is 2. The van der Waals surface area contributed by atoms with Crippen molar-refractivity contribution in [2.24, 2.45) is 17.6 Å². The van der Waals surface area contributed by atoms with Crippen LogP contribution in [0, 0.1) is 11.8 Å². The van der Waals surface area contributed by atoms with Crippen LogP contribution in [0.1, 0.15) is 29.0 Å². The summed E-state index contributed by atoms with van der Waals surface area (Å²) >= 11 is 0. The molecule has 2 aromatic carbocycles. The first-order valence-corrected chi connectivity index (χ1v) is 13.9. The van der Waals surface area contributed by atoms with Crippen LogP contribution in [0.5, 0.6) is 0 Å². The third-order valence-electron chi connectivity index (χ3n) is 8.79. The van der Waals surface area contributed by atoms with E-state index < -0.39 is 58.0 Å². The molecule has 1 amide bonds. The second-order valence-electron chi connectivity index (χ2n) is 11.7. The minimum Gasteiger partial charge on any atom is -0.508 e. The number of hydrogen-bond acceptors (Lipinski definition) is 10. The Morgan fingerprint density at radius 3 is 2.44 bits per heavy atom. The molecule has 1 heterocycles. The van der Waals surface area contributed by atoms with Gasteiger partial charge in [-0.15, -0.1) is 0 Å². The molecule has 1 saturated carbocycles. The molecule has 222 valence electrons. The van der Waals surface area contributed by atoms with Crippen LogP contribution in [0.3, 0.4) is 0 Å². The number of aliphatic hydroxyl groups is 3. The first kappa shape index (κ1) is 28.4. The molecule has 3 aromatic rings. The predicted molar refractivity (Wildman–Crippen MR) is 160 cm³/mol. The number of nitrogens with two attached hydrogens (primary N) is 1. The lowest BCUT2D eigenvalue weighted by Gasteiger charge is -2.50. The number of anilines is 1. The number of rotatable bonds is 5. The highest BCUT2D eigenvalue weighted by molar-refractivity contribution is 6.24. The van der Waals surface area contributed by atoms with Gasteiger partial charge in [0.05, 0.1) is 11.6 Å². The molecule has 11 nitrogen and oxygen atoms in total. The van der Waals surface area contributed by atoms with Gasteiger partial charge < -0.3 is 30.4 Å². The normalized spacial score (nSPS) is 25.4. The Bertz CT molecular complexity index is 1800. The Balaban J connectivity index is 1.55. The standard InChI is InChI=1S/C32H32N4O7/c1-35(2)20-14-19-28(43-21(34-19)11-10-15-8-6-5-7-9-15)23-17(20)12-16-13-18-25(36(3)4)27(38)24(31(33)41)30(40)32(18,42)29(39)22(16)26(23)37/h5-11,14,16,18,25,37,40,42H,12-13H2,1-4H3,(H2,33,41)/b11-10+/t16?,18?,25-,32-/m0/s1. The van der Waals surface area contributed by atoms with Gasteiger partial charge in [0.1, 0.15) is 22.6 Å². The summed E-state index contributed by atoms with van der Waals surface area (Å²) in [6.07, 6.45) is 3.91. The molecule has 43 heavy (non-hydrogen) atoms. The van der Waals surface area contributed by atoms with Gasteiger partial charge in [0, 0.05) is 37.3 Å². The number of aliphatic hydroxyl groups excluding tert-OH is 2. The second-order valence-corrected chi connectivity index (χ2v) is 11.7. The molecule has 0 saturated heterocycles. The molecule has 1 fully saturated rings. The van der Waals surface area contributed by atoms with Crippen molar-refractivity contribution < 1.29 is 34.1 Å². The molecule has 3 aliphatic rings. The summed E-state index contributed by atoms with van der Waals surface area (Å²) in [5.74, 6) is -5.89. The summed E-state index contributed by atoms with van der Waals surface area (Å²) in [5, 5.41) is 34.8. The zero-order valence-electron chi connectivity index (χ0n) is 24.2. The molecule has 1 aromatic heterocycles. The van der Waals surface area contributed by atoms with Crippen molar-refractivity contribution >= 4 is 52.2 Å². The number of fused-ring (bicyclic) bond motifs is 5. The smallest absolute Gasteiger partial charge is 0.255 e. The largest absolute Gasteiger partial charge is 0.508 e. The minimum atomic E-state index is -2.65. The molecular weight excluding hydrogens is 552 g/mol. The molecule has 5 N–H and O–H groups in total. The van der Waals surface area contributed by atoms with Crippen LogP contribution in [-0.2, 0) is 20.8 Å². The predicted octanol–water partition coefficient (Wildman–Crippen LogP) is 2.64. The average Bonchev–Trinajstić information content (AvgIpc) is 3.36. The topological polar surface area (TPSA) is 170 Å². The minimum absolute atomic E-state index is 0.0676. The van der Waals surface area contributed by atoms with Crippen molar-refractivity contribution in [3.8, 4) is 0 Å². The lowest BCUT2D eigenvalue weighted by atomic mass is 9.57. The van der Waals surface area contributed by atoms with Crippen LogP contribution in [-0.4, -0.2) is 82.5 Å². The number of benzene rings is 2. The van der Waals surface area contributed by atoms with E-state index in [-0.39, 0.29) is 35.5 Å². The van der Waals surface area contributed by atoms with E-state index in [1.807, 2.05) is 61.5 Å². The fourth-order valence-corrected chi connectivity index (χ4v) is 6.90. The zero-order chi connectivity index (χ0) is 31.0. The monoisotopic (exact) mass is 584 g/mol. The fraction of sp³-hybridized carbons (Fsp3) is 0.312. The fourth-order valence-electron chi connectivity index (χ4n) is 6.90. The summed E-state index contributed by atoms with van der Waals surface area (Å²) in [7, 11) is 6.88. The van der Waals surface area contributed by atoms with Crippen molar-refractivity contribution in [1.29, 1.82) is 0 Å². The average molecular weight is 585 g/mol. The molecular formula is C32H32N4O7. The quantitative estimate of drug-likeness (QED) is 0.327. The van der Waals surface area contributed by atoms with Crippen molar-refractivity contribution in [2.75, 3.05) is 33.1 Å². The molecule has 6 rings (SSSR count). The maximum Gasteiger partial charge on any atom is 0.255 e. The third-order valence-corrected chi connectivity index (χ3v) is 8.79. The number of amides is 1. The number of likely N-dealkylation sites (N-methyl/N-ethyl adjacent to an activating group) is 1. The van der Waals surface area contributed by atoms with Gasteiger partial charge in [-0.05, 0) is 56.1 Å². The lowest BCUT2D eigenvalue weighted by Crippen LogP contribution is -2.65. The van der Waals surface area contributed by atoms with Crippen LogP contribution in [0.2, 0.25) is 0 Å². The number of nitrogens with zero attached hydrogens (tertiary/aromatic N) is 3. The number of carbonyl (C=O) groups excluding carboxylic acids is 3. The third kappa shape index (κ3) is 4.10. The Morgan fingerprint density at radius 1 is 1.12 bits per heavy atom. The zero-order valence-corrected chi connectivity index (χ0v) is 24.2. The molecule has 4 atom stereocenters. The SMILES string of the molecule is CN(C)c1cc2nc(/C=C/c3ccccc3)oc2c2c1CC1CC3[C@H](N(C)C)C(=O)C(C(N)=O)=C(O)[C@@]3(O)C(=O)C1=C2O. The number of hydrogen-bond donors (Lipinski definition) is 4. The number of oxazole rings is 1. The Labute approximate surface area is 247 Å².